The number of hydrogen-bond donors (Lipinski definition) is 1. The Morgan fingerprint density at radius 2 is 2.00 bits per heavy atom. The SMILES string of the molecule is Cc1cc(F)cc(NCc2cc(C#N)n(C)c2C)c1. The first-order valence-electron chi connectivity index (χ1n) is 6.07. The molecule has 0 aliphatic rings. The lowest BCUT2D eigenvalue weighted by Gasteiger charge is -2.08. The van der Waals surface area contributed by atoms with Crippen LogP contribution in [0.1, 0.15) is 22.5 Å². The summed E-state index contributed by atoms with van der Waals surface area (Å²) in [6.45, 7) is 4.40. The van der Waals surface area contributed by atoms with Crippen LogP contribution >= 0.6 is 0 Å². The molecule has 1 N–H and O–H groups in total. The number of nitrogens with zero attached hydrogens (tertiary/aromatic N) is 2. The van der Waals surface area contributed by atoms with Gasteiger partial charge in [0.25, 0.3) is 0 Å². The molecule has 0 saturated carbocycles. The van der Waals surface area contributed by atoms with Crippen molar-refractivity contribution in [1.29, 1.82) is 5.26 Å². The first-order valence-corrected chi connectivity index (χ1v) is 6.07. The molecule has 0 amide bonds. The van der Waals surface area contributed by atoms with Gasteiger partial charge in [0.05, 0.1) is 0 Å². The minimum absolute atomic E-state index is 0.245. The van der Waals surface area contributed by atoms with Crippen LogP contribution in [0.25, 0.3) is 0 Å². The van der Waals surface area contributed by atoms with Crippen LogP contribution in [0.4, 0.5) is 10.1 Å². The van der Waals surface area contributed by atoms with Crippen molar-refractivity contribution in [3.63, 3.8) is 0 Å². The smallest absolute Gasteiger partial charge is 0.125 e. The number of nitrogens with one attached hydrogen (secondary N) is 1. The Labute approximate surface area is 112 Å². The summed E-state index contributed by atoms with van der Waals surface area (Å²) in [6.07, 6.45) is 0. The average Bonchev–Trinajstić information content (AvgIpc) is 2.62. The van der Waals surface area contributed by atoms with Gasteiger partial charge in [0.2, 0.25) is 0 Å². The Hall–Kier alpha value is -2.28. The Balaban J connectivity index is 2.17. The highest BCUT2D eigenvalue weighted by Crippen LogP contribution is 2.17. The first kappa shape index (κ1) is 13.2. The van der Waals surface area contributed by atoms with Gasteiger partial charge in [-0.2, -0.15) is 5.26 Å². The van der Waals surface area contributed by atoms with E-state index in [2.05, 4.69) is 11.4 Å². The van der Waals surface area contributed by atoms with Gasteiger partial charge < -0.3 is 9.88 Å². The van der Waals surface area contributed by atoms with Crippen molar-refractivity contribution in [3.05, 3.63) is 52.6 Å². The molecule has 0 spiro atoms. The molecule has 0 unspecified atom stereocenters. The minimum Gasteiger partial charge on any atom is -0.381 e. The first-order chi connectivity index (χ1) is 9.01. The van der Waals surface area contributed by atoms with Crippen LogP contribution in [0.3, 0.4) is 0 Å². The van der Waals surface area contributed by atoms with Crippen LogP contribution in [-0.4, -0.2) is 4.57 Å². The summed E-state index contributed by atoms with van der Waals surface area (Å²) in [5.74, 6) is -0.245. The molecule has 2 aromatic rings. The molecular formula is C15H16FN3. The van der Waals surface area contributed by atoms with Crippen molar-refractivity contribution in [2.24, 2.45) is 7.05 Å². The van der Waals surface area contributed by atoms with E-state index in [0.29, 0.717) is 12.2 Å². The molecule has 0 bridgehead atoms. The van der Waals surface area contributed by atoms with Gasteiger partial charge in [-0.15, -0.1) is 0 Å². The largest absolute Gasteiger partial charge is 0.381 e. The molecule has 19 heavy (non-hydrogen) atoms. The van der Waals surface area contributed by atoms with E-state index >= 15 is 0 Å². The number of anilines is 1. The monoisotopic (exact) mass is 257 g/mol. The average molecular weight is 257 g/mol. The van der Waals surface area contributed by atoms with Gasteiger partial charge in [-0.1, -0.05) is 0 Å². The zero-order chi connectivity index (χ0) is 14.0. The maximum atomic E-state index is 13.3. The van der Waals surface area contributed by atoms with Crippen LogP contribution < -0.4 is 5.32 Å². The van der Waals surface area contributed by atoms with Crippen molar-refractivity contribution < 1.29 is 4.39 Å². The predicted octanol–water partition coefficient (Wildman–Crippen LogP) is 3.26. The molecule has 4 heteroatoms. The molecule has 3 nitrogen and oxygen atoms in total. The zero-order valence-electron chi connectivity index (χ0n) is 11.3. The second-order valence-corrected chi connectivity index (χ2v) is 4.68. The Kier molecular flexibility index (Phi) is 3.57. The van der Waals surface area contributed by atoms with Crippen LogP contribution in [0.2, 0.25) is 0 Å². The Morgan fingerprint density at radius 3 is 2.58 bits per heavy atom. The lowest BCUT2D eigenvalue weighted by molar-refractivity contribution is 0.627. The molecular weight excluding hydrogens is 241 g/mol. The van der Waals surface area contributed by atoms with Gasteiger partial charge >= 0.3 is 0 Å². The highest BCUT2D eigenvalue weighted by Gasteiger charge is 2.08. The number of rotatable bonds is 3. The van der Waals surface area contributed by atoms with Crippen molar-refractivity contribution >= 4 is 5.69 Å². The molecule has 0 aliphatic carbocycles. The molecule has 0 saturated heterocycles. The maximum absolute atomic E-state index is 13.3. The lowest BCUT2D eigenvalue weighted by Crippen LogP contribution is -2.02. The van der Waals surface area contributed by atoms with Crippen LogP contribution in [0.15, 0.2) is 24.3 Å². The zero-order valence-corrected chi connectivity index (χ0v) is 11.3. The van der Waals surface area contributed by atoms with Gasteiger partial charge in [0.1, 0.15) is 17.6 Å². The van der Waals surface area contributed by atoms with E-state index in [9.17, 15) is 4.39 Å². The minimum atomic E-state index is -0.245. The van der Waals surface area contributed by atoms with E-state index in [1.165, 1.54) is 12.1 Å². The van der Waals surface area contributed by atoms with E-state index in [4.69, 9.17) is 5.26 Å². The number of benzene rings is 1. The Bertz CT molecular complexity index is 630. The fourth-order valence-corrected chi connectivity index (χ4v) is 2.08. The summed E-state index contributed by atoms with van der Waals surface area (Å²) in [5, 5.41) is 12.2. The lowest BCUT2D eigenvalue weighted by atomic mass is 10.2. The second-order valence-electron chi connectivity index (χ2n) is 4.68. The van der Waals surface area contributed by atoms with E-state index < -0.39 is 0 Å². The third kappa shape index (κ3) is 2.76. The maximum Gasteiger partial charge on any atom is 0.125 e. The number of nitriles is 1. The fourth-order valence-electron chi connectivity index (χ4n) is 2.08. The summed E-state index contributed by atoms with van der Waals surface area (Å²) < 4.78 is 15.1. The quantitative estimate of drug-likeness (QED) is 0.916. The molecule has 0 radical (unpaired) electrons. The molecule has 1 aromatic carbocycles. The molecule has 1 heterocycles. The third-order valence-electron chi connectivity index (χ3n) is 3.28. The molecule has 0 fully saturated rings. The normalized spacial score (nSPS) is 10.3. The molecule has 2 rings (SSSR count). The van der Waals surface area contributed by atoms with Crippen LogP contribution in [0, 0.1) is 31.0 Å². The summed E-state index contributed by atoms with van der Waals surface area (Å²) in [6, 6.07) is 8.86. The van der Waals surface area contributed by atoms with Crippen molar-refractivity contribution in [2.75, 3.05) is 5.32 Å². The van der Waals surface area contributed by atoms with E-state index in [1.54, 1.807) is 0 Å². The van der Waals surface area contributed by atoms with Crippen molar-refractivity contribution in [1.82, 2.24) is 4.57 Å². The molecule has 98 valence electrons. The van der Waals surface area contributed by atoms with Gasteiger partial charge in [-0.3, -0.25) is 0 Å². The summed E-state index contributed by atoms with van der Waals surface area (Å²) in [4.78, 5) is 0. The van der Waals surface area contributed by atoms with Crippen molar-refractivity contribution in [2.45, 2.75) is 20.4 Å². The van der Waals surface area contributed by atoms with Crippen molar-refractivity contribution in [3.8, 4) is 6.07 Å². The van der Waals surface area contributed by atoms with Gasteiger partial charge in [0.15, 0.2) is 0 Å². The fraction of sp³-hybridized carbons (Fsp3) is 0.267. The van der Waals surface area contributed by atoms with Gasteiger partial charge in [0, 0.05) is 25.0 Å². The number of aryl methyl sites for hydroxylation is 1. The number of aromatic nitrogens is 1. The summed E-state index contributed by atoms with van der Waals surface area (Å²) in [7, 11) is 1.86. The topological polar surface area (TPSA) is 40.8 Å². The van der Waals surface area contributed by atoms with Gasteiger partial charge in [-0.25, -0.2) is 4.39 Å². The molecule has 0 aliphatic heterocycles. The standard InChI is InChI=1S/C15H16FN3/c1-10-4-13(16)7-14(5-10)18-9-12-6-15(8-17)19(3)11(12)2/h4-7,18H,9H2,1-3H3. The van der Waals surface area contributed by atoms with E-state index in [1.807, 2.05) is 37.6 Å². The van der Waals surface area contributed by atoms with Gasteiger partial charge in [-0.05, 0) is 49.2 Å². The highest BCUT2D eigenvalue weighted by molar-refractivity contribution is 5.47. The number of halogens is 1. The predicted molar refractivity (Wildman–Crippen MR) is 73.3 cm³/mol. The van der Waals surface area contributed by atoms with Crippen LogP contribution in [0.5, 0.6) is 0 Å². The van der Waals surface area contributed by atoms with E-state index in [-0.39, 0.29) is 5.82 Å². The number of hydrogen-bond acceptors (Lipinski definition) is 2. The second kappa shape index (κ2) is 5.15. The third-order valence-corrected chi connectivity index (χ3v) is 3.28. The highest BCUT2D eigenvalue weighted by atomic mass is 19.1. The summed E-state index contributed by atoms with van der Waals surface area (Å²) in [5.41, 5.74) is 4.34. The molecule has 1 aromatic heterocycles. The molecule has 0 atom stereocenters. The van der Waals surface area contributed by atoms with E-state index in [0.717, 1.165) is 22.5 Å². The summed E-state index contributed by atoms with van der Waals surface area (Å²) >= 11 is 0. The Morgan fingerprint density at radius 1 is 1.26 bits per heavy atom. The van der Waals surface area contributed by atoms with Crippen LogP contribution in [-0.2, 0) is 13.6 Å².